The van der Waals surface area contributed by atoms with Gasteiger partial charge >= 0.3 is 6.18 Å². The number of hydrogen-bond donors (Lipinski definition) is 1. The van der Waals surface area contributed by atoms with Crippen LogP contribution in [0.4, 0.5) is 13.2 Å². The van der Waals surface area contributed by atoms with Gasteiger partial charge in [-0.25, -0.2) is 9.50 Å². The van der Waals surface area contributed by atoms with Crippen LogP contribution in [0.15, 0.2) is 29.1 Å². The molecule has 0 aromatic carbocycles. The quantitative estimate of drug-likeness (QED) is 0.768. The second kappa shape index (κ2) is 5.82. The number of carbonyl (C=O) groups is 1. The highest BCUT2D eigenvalue weighted by Gasteiger charge is 2.49. The van der Waals surface area contributed by atoms with Crippen molar-refractivity contribution < 1.29 is 22.5 Å². The van der Waals surface area contributed by atoms with E-state index in [0.29, 0.717) is 29.9 Å². The lowest BCUT2D eigenvalue weighted by atomic mass is 10.1. The molecular formula is C16H14F3N5O2. The number of alkyl halides is 3. The van der Waals surface area contributed by atoms with Gasteiger partial charge < -0.3 is 9.84 Å². The second-order valence-electron chi connectivity index (χ2n) is 6.29. The summed E-state index contributed by atoms with van der Waals surface area (Å²) in [5.74, 6) is -1.42. The minimum Gasteiger partial charge on any atom is -0.364 e. The Hall–Kier alpha value is -2.91. The molecule has 1 amide bonds. The molecule has 0 saturated heterocycles. The number of fused-ring (bicyclic) bond motifs is 1. The first kappa shape index (κ1) is 16.6. The number of nitrogens with one attached hydrogen (secondary N) is 1. The third-order valence-electron chi connectivity index (χ3n) is 4.33. The number of aromatic nitrogens is 4. The third-order valence-corrected chi connectivity index (χ3v) is 4.33. The molecule has 1 atom stereocenters. The number of amides is 1. The van der Waals surface area contributed by atoms with Gasteiger partial charge in [0, 0.05) is 11.8 Å². The predicted molar refractivity (Wildman–Crippen MR) is 83.3 cm³/mol. The Balaban J connectivity index is 1.71. The average molecular weight is 365 g/mol. The second-order valence-corrected chi connectivity index (χ2v) is 6.29. The van der Waals surface area contributed by atoms with Crippen LogP contribution in [0, 0.1) is 12.8 Å². The number of carbonyl (C=O) groups excluding carboxylic acids is 1. The normalized spacial score (nSPS) is 16.0. The van der Waals surface area contributed by atoms with Gasteiger partial charge in [0.15, 0.2) is 5.65 Å². The van der Waals surface area contributed by atoms with E-state index >= 15 is 0 Å². The Morgan fingerprint density at radius 2 is 2.15 bits per heavy atom. The predicted octanol–water partition coefficient (Wildman–Crippen LogP) is 2.76. The van der Waals surface area contributed by atoms with E-state index in [9.17, 15) is 18.0 Å². The van der Waals surface area contributed by atoms with Crippen molar-refractivity contribution in [2.24, 2.45) is 5.92 Å². The molecule has 3 aromatic heterocycles. The van der Waals surface area contributed by atoms with Crippen LogP contribution in [0.5, 0.6) is 0 Å². The highest BCUT2D eigenvalue weighted by Crippen LogP contribution is 2.40. The minimum atomic E-state index is -4.49. The maximum atomic E-state index is 13.2. The van der Waals surface area contributed by atoms with Gasteiger partial charge in [0.2, 0.25) is 0 Å². The topological polar surface area (TPSA) is 85.3 Å². The van der Waals surface area contributed by atoms with Gasteiger partial charge in [-0.3, -0.25) is 4.79 Å². The average Bonchev–Trinajstić information content (AvgIpc) is 3.09. The van der Waals surface area contributed by atoms with Gasteiger partial charge in [-0.2, -0.15) is 18.3 Å². The summed E-state index contributed by atoms with van der Waals surface area (Å²) in [6.45, 7) is 1.75. The molecule has 10 heteroatoms. The molecule has 26 heavy (non-hydrogen) atoms. The van der Waals surface area contributed by atoms with E-state index in [-0.39, 0.29) is 11.2 Å². The van der Waals surface area contributed by atoms with E-state index < -0.39 is 24.0 Å². The summed E-state index contributed by atoms with van der Waals surface area (Å²) in [7, 11) is 0. The summed E-state index contributed by atoms with van der Waals surface area (Å²) in [6.07, 6.45) is -0.990. The monoisotopic (exact) mass is 365 g/mol. The number of nitrogens with zero attached hydrogens (tertiary/aromatic N) is 4. The maximum Gasteiger partial charge on any atom is 0.408 e. The number of halogens is 3. The van der Waals surface area contributed by atoms with Crippen LogP contribution in [-0.4, -0.2) is 37.9 Å². The first-order valence-corrected chi connectivity index (χ1v) is 7.98. The molecule has 0 aliphatic heterocycles. The largest absolute Gasteiger partial charge is 0.408 e. The van der Waals surface area contributed by atoms with Crippen molar-refractivity contribution in [3.05, 3.63) is 35.9 Å². The molecule has 0 spiro atoms. The third kappa shape index (κ3) is 2.91. The number of aryl methyl sites for hydroxylation is 1. The van der Waals surface area contributed by atoms with E-state index in [0.717, 1.165) is 0 Å². The van der Waals surface area contributed by atoms with Crippen LogP contribution >= 0.6 is 0 Å². The van der Waals surface area contributed by atoms with Crippen LogP contribution < -0.4 is 5.32 Å². The smallest absolute Gasteiger partial charge is 0.364 e. The summed E-state index contributed by atoms with van der Waals surface area (Å²) in [5, 5.41) is 9.94. The van der Waals surface area contributed by atoms with E-state index in [1.807, 2.05) is 0 Å². The van der Waals surface area contributed by atoms with Crippen molar-refractivity contribution in [3.8, 4) is 11.4 Å². The summed E-state index contributed by atoms with van der Waals surface area (Å²) in [4.78, 5) is 16.8. The van der Waals surface area contributed by atoms with E-state index in [2.05, 4.69) is 20.6 Å². The Kier molecular flexibility index (Phi) is 3.70. The molecule has 1 fully saturated rings. The summed E-state index contributed by atoms with van der Waals surface area (Å²) in [5.41, 5.74) is 1.69. The van der Waals surface area contributed by atoms with Crippen molar-refractivity contribution >= 4 is 11.6 Å². The van der Waals surface area contributed by atoms with Crippen molar-refractivity contribution in [3.63, 3.8) is 0 Å². The van der Waals surface area contributed by atoms with Crippen molar-refractivity contribution in [2.75, 3.05) is 0 Å². The molecule has 0 bridgehead atoms. The maximum absolute atomic E-state index is 13.2. The zero-order chi connectivity index (χ0) is 18.5. The molecule has 1 unspecified atom stereocenters. The Bertz CT molecular complexity index is 960. The van der Waals surface area contributed by atoms with E-state index in [4.69, 9.17) is 4.52 Å². The van der Waals surface area contributed by atoms with Gasteiger partial charge in [0.1, 0.15) is 23.6 Å². The zero-order valence-electron chi connectivity index (χ0n) is 13.6. The van der Waals surface area contributed by atoms with Gasteiger partial charge in [0.25, 0.3) is 5.91 Å². The molecule has 7 nitrogen and oxygen atoms in total. The molecule has 1 aliphatic rings. The molecule has 0 radical (unpaired) electrons. The Labute approximate surface area is 145 Å². The summed E-state index contributed by atoms with van der Waals surface area (Å²) >= 11 is 0. The lowest BCUT2D eigenvalue weighted by molar-refractivity contribution is -0.158. The molecule has 1 N–H and O–H groups in total. The van der Waals surface area contributed by atoms with Crippen molar-refractivity contribution in [1.82, 2.24) is 25.1 Å². The van der Waals surface area contributed by atoms with E-state index in [1.54, 1.807) is 19.1 Å². The minimum absolute atomic E-state index is 0.0201. The van der Waals surface area contributed by atoms with Gasteiger partial charge in [-0.05, 0) is 31.7 Å². The number of rotatable bonds is 4. The molecular weight excluding hydrogens is 351 g/mol. The highest BCUT2D eigenvalue weighted by molar-refractivity contribution is 6.00. The van der Waals surface area contributed by atoms with Crippen LogP contribution in [0.1, 0.15) is 28.9 Å². The Morgan fingerprint density at radius 1 is 1.38 bits per heavy atom. The van der Waals surface area contributed by atoms with Crippen molar-refractivity contribution in [1.29, 1.82) is 0 Å². The Morgan fingerprint density at radius 3 is 2.77 bits per heavy atom. The van der Waals surface area contributed by atoms with Crippen LogP contribution in [0.3, 0.4) is 0 Å². The van der Waals surface area contributed by atoms with Gasteiger partial charge in [0.05, 0.1) is 11.9 Å². The molecule has 4 rings (SSSR count). The lowest BCUT2D eigenvalue weighted by Gasteiger charge is -2.20. The van der Waals surface area contributed by atoms with Gasteiger partial charge in [-0.1, -0.05) is 5.16 Å². The van der Waals surface area contributed by atoms with Crippen LogP contribution in [0.25, 0.3) is 17.0 Å². The van der Waals surface area contributed by atoms with E-state index in [1.165, 1.54) is 17.0 Å². The molecule has 1 aliphatic carbocycles. The fourth-order valence-electron chi connectivity index (χ4n) is 2.86. The zero-order valence-corrected chi connectivity index (χ0v) is 13.6. The molecule has 136 valence electrons. The summed E-state index contributed by atoms with van der Waals surface area (Å²) in [6, 6.07) is 1.44. The lowest BCUT2D eigenvalue weighted by Crippen LogP contribution is -2.46. The summed E-state index contributed by atoms with van der Waals surface area (Å²) < 4.78 is 45.7. The first-order chi connectivity index (χ1) is 12.3. The van der Waals surface area contributed by atoms with Crippen LogP contribution in [0.2, 0.25) is 0 Å². The first-order valence-electron chi connectivity index (χ1n) is 7.98. The standard InChI is InChI=1S/C16H14F3N5O2/c1-8-6-12(11-4-5-26-23-11)21-14-10(7-20-24(8)14)15(25)22-13(9-2-3-9)16(17,18)19/h4-7,9,13H,2-3H2,1H3,(H,22,25). The fraction of sp³-hybridized carbons (Fsp3) is 0.375. The fourth-order valence-corrected chi connectivity index (χ4v) is 2.86. The number of hydrogen-bond acceptors (Lipinski definition) is 5. The molecule has 3 aromatic rings. The molecule has 3 heterocycles. The molecule has 1 saturated carbocycles. The van der Waals surface area contributed by atoms with Crippen molar-refractivity contribution in [2.45, 2.75) is 32.0 Å². The van der Waals surface area contributed by atoms with Gasteiger partial charge in [-0.15, -0.1) is 0 Å². The van der Waals surface area contributed by atoms with Crippen LogP contribution in [-0.2, 0) is 0 Å². The SMILES string of the molecule is Cc1cc(-c2ccon2)nc2c(C(=O)NC(C3CC3)C(F)(F)F)cnn12. The highest BCUT2D eigenvalue weighted by atomic mass is 19.4.